The fourth-order valence-corrected chi connectivity index (χ4v) is 2.68. The Labute approximate surface area is 149 Å². The third-order valence-electron chi connectivity index (χ3n) is 4.15. The summed E-state index contributed by atoms with van der Waals surface area (Å²) in [5, 5.41) is 9.04. The molecule has 0 aromatic carbocycles. The van der Waals surface area contributed by atoms with Gasteiger partial charge in [0.15, 0.2) is 0 Å². The van der Waals surface area contributed by atoms with Crippen molar-refractivity contribution in [3.8, 4) is 6.07 Å². The minimum Gasteiger partial charge on any atom is -0.450 e. The Bertz CT molecular complexity index is 842. The van der Waals surface area contributed by atoms with Crippen LogP contribution < -0.4 is 11.2 Å². The van der Waals surface area contributed by atoms with Gasteiger partial charge < -0.3 is 14.5 Å². The lowest BCUT2D eigenvalue weighted by Crippen LogP contribution is -2.53. The number of nitrogens with zero attached hydrogens (tertiary/aromatic N) is 5. The van der Waals surface area contributed by atoms with Gasteiger partial charge in [-0.3, -0.25) is 14.2 Å². The lowest BCUT2D eigenvalue weighted by Gasteiger charge is -2.34. The molecule has 2 rings (SSSR count). The smallest absolute Gasteiger partial charge is 0.409 e. The van der Waals surface area contributed by atoms with E-state index < -0.39 is 29.8 Å². The number of piperazine rings is 1. The van der Waals surface area contributed by atoms with E-state index in [2.05, 4.69) is 0 Å². The van der Waals surface area contributed by atoms with Crippen molar-refractivity contribution >= 4 is 12.0 Å². The number of carbonyl (C=O) groups is 2. The molecule has 1 saturated heterocycles. The molecule has 0 N–H and O–H groups in total. The molecular weight excluding hydrogens is 342 g/mol. The maximum absolute atomic E-state index is 12.5. The number of carbonyl (C=O) groups excluding carboxylic acids is 2. The van der Waals surface area contributed by atoms with Gasteiger partial charge in [-0.1, -0.05) is 0 Å². The lowest BCUT2D eigenvalue weighted by molar-refractivity contribution is -0.133. The largest absolute Gasteiger partial charge is 0.450 e. The van der Waals surface area contributed by atoms with Gasteiger partial charge in [-0.05, 0) is 13.8 Å². The minimum atomic E-state index is -0.777. The third kappa shape index (κ3) is 3.93. The highest BCUT2D eigenvalue weighted by atomic mass is 16.6. The summed E-state index contributed by atoms with van der Waals surface area (Å²) in [7, 11) is 0. The molecule has 0 spiro atoms. The molecule has 1 aromatic rings. The third-order valence-corrected chi connectivity index (χ3v) is 4.15. The molecule has 26 heavy (non-hydrogen) atoms. The Morgan fingerprint density at radius 1 is 1.15 bits per heavy atom. The highest BCUT2D eigenvalue weighted by molar-refractivity contribution is 5.76. The molecule has 2 heterocycles. The SMILES string of the molecule is CCOC(=O)N1CCN(C(=O)Cn2c(=O)c(C#N)cn(CC)c2=O)CC1. The summed E-state index contributed by atoms with van der Waals surface area (Å²) in [4.78, 5) is 51.6. The molecule has 0 bridgehead atoms. The lowest BCUT2D eigenvalue weighted by atomic mass is 10.3. The van der Waals surface area contributed by atoms with E-state index >= 15 is 0 Å². The topological polar surface area (TPSA) is 118 Å². The molecule has 0 unspecified atom stereocenters. The van der Waals surface area contributed by atoms with Crippen LogP contribution in [0, 0.1) is 11.3 Å². The van der Waals surface area contributed by atoms with Crippen LogP contribution >= 0.6 is 0 Å². The number of nitriles is 1. The summed E-state index contributed by atoms with van der Waals surface area (Å²) in [5.74, 6) is -0.412. The van der Waals surface area contributed by atoms with Crippen molar-refractivity contribution in [2.24, 2.45) is 0 Å². The van der Waals surface area contributed by atoms with E-state index in [9.17, 15) is 19.2 Å². The molecule has 0 aliphatic carbocycles. The number of aryl methyl sites for hydroxylation is 1. The first-order valence-electron chi connectivity index (χ1n) is 8.36. The Morgan fingerprint density at radius 3 is 2.31 bits per heavy atom. The van der Waals surface area contributed by atoms with Gasteiger partial charge in [-0.25, -0.2) is 14.2 Å². The average Bonchev–Trinajstić information content (AvgIpc) is 2.65. The molecule has 0 saturated carbocycles. The van der Waals surface area contributed by atoms with Crippen LogP contribution in [0.15, 0.2) is 15.8 Å². The van der Waals surface area contributed by atoms with E-state index in [1.165, 1.54) is 20.6 Å². The second kappa shape index (κ2) is 8.33. The molecule has 10 nitrogen and oxygen atoms in total. The molecule has 1 aromatic heterocycles. The quantitative estimate of drug-likeness (QED) is 0.691. The molecule has 0 atom stereocenters. The summed E-state index contributed by atoms with van der Waals surface area (Å²) in [6, 6.07) is 1.74. The predicted molar refractivity (Wildman–Crippen MR) is 90.5 cm³/mol. The van der Waals surface area contributed by atoms with E-state index in [0.29, 0.717) is 13.1 Å². The van der Waals surface area contributed by atoms with Gasteiger partial charge in [-0.15, -0.1) is 0 Å². The second-order valence-corrected chi connectivity index (χ2v) is 5.68. The van der Waals surface area contributed by atoms with Gasteiger partial charge in [0.1, 0.15) is 18.2 Å². The second-order valence-electron chi connectivity index (χ2n) is 5.68. The van der Waals surface area contributed by atoms with Gasteiger partial charge in [0, 0.05) is 38.9 Å². The monoisotopic (exact) mass is 363 g/mol. The summed E-state index contributed by atoms with van der Waals surface area (Å²) >= 11 is 0. The molecule has 1 aliphatic heterocycles. The number of amides is 2. The number of ether oxygens (including phenoxy) is 1. The van der Waals surface area contributed by atoms with Crippen LogP contribution in [0.3, 0.4) is 0 Å². The number of aromatic nitrogens is 2. The summed E-state index contributed by atoms with van der Waals surface area (Å²) < 4.78 is 6.91. The van der Waals surface area contributed by atoms with E-state index in [1.54, 1.807) is 19.9 Å². The molecule has 1 aliphatic rings. The van der Waals surface area contributed by atoms with Gasteiger partial charge in [0.25, 0.3) is 5.56 Å². The standard InChI is InChI=1S/C16H21N5O5/c1-3-18-10-12(9-17)14(23)21(15(18)24)11-13(22)19-5-7-20(8-6-19)16(25)26-4-2/h10H,3-8,11H2,1-2H3. The van der Waals surface area contributed by atoms with Crippen LogP contribution in [-0.4, -0.2) is 63.7 Å². The van der Waals surface area contributed by atoms with Crippen LogP contribution in [0.5, 0.6) is 0 Å². The van der Waals surface area contributed by atoms with E-state index in [1.807, 2.05) is 0 Å². The fourth-order valence-electron chi connectivity index (χ4n) is 2.68. The molecule has 140 valence electrons. The molecule has 2 amide bonds. The highest BCUT2D eigenvalue weighted by Gasteiger charge is 2.25. The van der Waals surface area contributed by atoms with Gasteiger partial charge in [0.05, 0.1) is 6.61 Å². The summed E-state index contributed by atoms with van der Waals surface area (Å²) in [6.07, 6.45) is 0.771. The Hall–Kier alpha value is -3.09. The van der Waals surface area contributed by atoms with Gasteiger partial charge >= 0.3 is 11.8 Å². The van der Waals surface area contributed by atoms with E-state index in [0.717, 1.165) is 4.57 Å². The zero-order chi connectivity index (χ0) is 19.3. The van der Waals surface area contributed by atoms with Crippen LogP contribution in [-0.2, 0) is 22.6 Å². The van der Waals surface area contributed by atoms with Crippen LogP contribution in [0.25, 0.3) is 0 Å². The van der Waals surface area contributed by atoms with Crippen LogP contribution in [0.4, 0.5) is 4.79 Å². The number of hydrogen-bond donors (Lipinski definition) is 0. The Kier molecular flexibility index (Phi) is 6.16. The van der Waals surface area contributed by atoms with Crippen molar-refractivity contribution in [2.75, 3.05) is 32.8 Å². The van der Waals surface area contributed by atoms with Crippen LogP contribution in [0.2, 0.25) is 0 Å². The Morgan fingerprint density at radius 2 is 1.77 bits per heavy atom. The first-order valence-corrected chi connectivity index (χ1v) is 8.36. The van der Waals surface area contributed by atoms with Crippen LogP contribution in [0.1, 0.15) is 19.4 Å². The van der Waals surface area contributed by atoms with Crippen molar-refractivity contribution < 1.29 is 14.3 Å². The minimum absolute atomic E-state index is 0.189. The highest BCUT2D eigenvalue weighted by Crippen LogP contribution is 2.05. The van der Waals surface area contributed by atoms with Gasteiger partial charge in [0.2, 0.25) is 5.91 Å². The van der Waals surface area contributed by atoms with Crippen molar-refractivity contribution in [3.05, 3.63) is 32.6 Å². The van der Waals surface area contributed by atoms with Crippen molar-refractivity contribution in [3.63, 3.8) is 0 Å². The molecular formula is C16H21N5O5. The summed E-state index contributed by atoms with van der Waals surface area (Å²) in [6.45, 7) is 4.74. The van der Waals surface area contributed by atoms with E-state index in [-0.39, 0.29) is 31.8 Å². The first kappa shape index (κ1) is 19.2. The molecule has 1 fully saturated rings. The number of hydrogen-bond acceptors (Lipinski definition) is 6. The molecule has 0 radical (unpaired) electrons. The van der Waals surface area contributed by atoms with Crippen molar-refractivity contribution in [1.82, 2.24) is 18.9 Å². The maximum atomic E-state index is 12.5. The molecule has 10 heteroatoms. The predicted octanol–water partition coefficient (Wildman–Crippen LogP) is -0.798. The van der Waals surface area contributed by atoms with Crippen molar-refractivity contribution in [1.29, 1.82) is 5.26 Å². The maximum Gasteiger partial charge on any atom is 0.409 e. The van der Waals surface area contributed by atoms with Crippen molar-refractivity contribution in [2.45, 2.75) is 26.9 Å². The normalized spacial score (nSPS) is 14.0. The number of rotatable bonds is 4. The first-order chi connectivity index (χ1) is 12.4. The fraction of sp³-hybridized carbons (Fsp3) is 0.562. The summed E-state index contributed by atoms with van der Waals surface area (Å²) in [5.41, 5.74) is -1.60. The Balaban J connectivity index is 2.12. The zero-order valence-electron chi connectivity index (χ0n) is 14.8. The zero-order valence-corrected chi connectivity index (χ0v) is 14.8. The van der Waals surface area contributed by atoms with Gasteiger partial charge in [-0.2, -0.15) is 5.26 Å². The van der Waals surface area contributed by atoms with E-state index in [4.69, 9.17) is 10.00 Å². The average molecular weight is 363 g/mol.